The number of nitrogens with one attached hydrogen (secondary N) is 1. The molecule has 1 atom stereocenters. The van der Waals surface area contributed by atoms with E-state index in [1.165, 1.54) is 0 Å². The van der Waals surface area contributed by atoms with Crippen molar-refractivity contribution < 1.29 is 22.7 Å². The third-order valence-corrected chi connectivity index (χ3v) is 8.41. The van der Waals surface area contributed by atoms with Crippen molar-refractivity contribution >= 4 is 27.5 Å². The third-order valence-electron chi connectivity index (χ3n) is 6.51. The number of hydrogen-bond acceptors (Lipinski definition) is 6. The van der Waals surface area contributed by atoms with Crippen LogP contribution in [0.5, 0.6) is 0 Å². The highest BCUT2D eigenvalue weighted by Gasteiger charge is 2.31. The average molecular weight is 553 g/mol. The highest BCUT2D eigenvalue weighted by atomic mass is 32.2. The smallest absolute Gasteiger partial charge is 0.407 e. The summed E-state index contributed by atoms with van der Waals surface area (Å²) in [6, 6.07) is 13.6. The largest absolute Gasteiger partial charge is 0.444 e. The molecule has 4 rings (SSSR count). The van der Waals surface area contributed by atoms with Gasteiger partial charge in [0.2, 0.25) is 9.84 Å². The predicted octanol–water partition coefficient (Wildman–Crippen LogP) is 4.91. The lowest BCUT2D eigenvalue weighted by molar-refractivity contribution is 0.0503. The molecule has 0 spiro atoms. The Balaban J connectivity index is 1.59. The van der Waals surface area contributed by atoms with Gasteiger partial charge >= 0.3 is 6.09 Å². The molecular formula is C29H36N4O5S. The molecule has 39 heavy (non-hydrogen) atoms. The molecule has 208 valence electrons. The van der Waals surface area contributed by atoms with E-state index in [0.717, 1.165) is 5.56 Å². The molecule has 1 N–H and O–H groups in total. The molecule has 2 amide bonds. The van der Waals surface area contributed by atoms with Crippen LogP contribution < -0.4 is 10.2 Å². The normalized spacial score (nSPS) is 14.3. The Kier molecular flexibility index (Phi) is 7.88. The van der Waals surface area contributed by atoms with E-state index in [0.29, 0.717) is 48.6 Å². The number of fused-ring (bicyclic) bond motifs is 1. The van der Waals surface area contributed by atoms with Gasteiger partial charge in [-0.25, -0.2) is 13.2 Å². The summed E-state index contributed by atoms with van der Waals surface area (Å²) in [6.45, 7) is 11.7. The van der Waals surface area contributed by atoms with Gasteiger partial charge in [-0.2, -0.15) is 5.10 Å². The summed E-state index contributed by atoms with van der Waals surface area (Å²) in [5.74, 6) is -0.0990. The molecule has 1 aliphatic heterocycles. The van der Waals surface area contributed by atoms with E-state index in [1.54, 1.807) is 60.7 Å². The molecular weight excluding hydrogens is 516 g/mol. The molecule has 0 aliphatic carbocycles. The zero-order valence-corrected chi connectivity index (χ0v) is 24.1. The predicted molar refractivity (Wildman–Crippen MR) is 149 cm³/mol. The molecule has 0 radical (unpaired) electrons. The van der Waals surface area contributed by atoms with Crippen LogP contribution in [-0.2, 0) is 40.5 Å². The van der Waals surface area contributed by atoms with Crippen LogP contribution >= 0.6 is 0 Å². The highest BCUT2D eigenvalue weighted by Crippen LogP contribution is 2.32. The molecule has 2 aromatic carbocycles. The van der Waals surface area contributed by atoms with Gasteiger partial charge in [-0.1, -0.05) is 32.0 Å². The second kappa shape index (κ2) is 10.8. The van der Waals surface area contributed by atoms with Gasteiger partial charge in [-0.05, 0) is 76.4 Å². The molecule has 0 saturated carbocycles. The van der Waals surface area contributed by atoms with Crippen molar-refractivity contribution in [3.8, 4) is 0 Å². The van der Waals surface area contributed by atoms with Gasteiger partial charge in [-0.15, -0.1) is 0 Å². The van der Waals surface area contributed by atoms with Crippen molar-refractivity contribution in [2.24, 2.45) is 0 Å². The fraction of sp³-hybridized carbons (Fsp3) is 0.414. The van der Waals surface area contributed by atoms with E-state index < -0.39 is 21.5 Å². The van der Waals surface area contributed by atoms with Crippen LogP contribution in [-0.4, -0.2) is 41.8 Å². The van der Waals surface area contributed by atoms with Crippen LogP contribution in [0, 0.1) is 0 Å². The van der Waals surface area contributed by atoms with Gasteiger partial charge in [0.05, 0.1) is 29.4 Å². The van der Waals surface area contributed by atoms with E-state index in [9.17, 15) is 18.0 Å². The Morgan fingerprint density at radius 1 is 1.08 bits per heavy atom. The van der Waals surface area contributed by atoms with Gasteiger partial charge in [0, 0.05) is 17.3 Å². The average Bonchev–Trinajstić information content (AvgIpc) is 3.40. The van der Waals surface area contributed by atoms with Gasteiger partial charge in [0.1, 0.15) is 10.5 Å². The van der Waals surface area contributed by atoms with Crippen molar-refractivity contribution in [1.29, 1.82) is 0 Å². The number of aryl methyl sites for hydroxylation is 1. The number of nitrogens with zero attached hydrogens (tertiary/aromatic N) is 3. The number of alkyl carbamates (subject to hydrolysis) is 1. The maximum atomic E-state index is 13.9. The number of rotatable bonds is 8. The first-order chi connectivity index (χ1) is 18.4. The lowest BCUT2D eigenvalue weighted by atomic mass is 10.1. The molecule has 1 aromatic heterocycles. The Bertz CT molecular complexity index is 1490. The van der Waals surface area contributed by atoms with E-state index >= 15 is 0 Å². The highest BCUT2D eigenvalue weighted by molar-refractivity contribution is 7.91. The van der Waals surface area contributed by atoms with Crippen LogP contribution in [0.2, 0.25) is 0 Å². The van der Waals surface area contributed by atoms with E-state index in [1.807, 2.05) is 39.0 Å². The second-order valence-corrected chi connectivity index (χ2v) is 12.6. The first-order valence-corrected chi connectivity index (χ1v) is 14.7. The van der Waals surface area contributed by atoms with Crippen LogP contribution in [0.1, 0.15) is 68.9 Å². The fourth-order valence-electron chi connectivity index (χ4n) is 4.77. The van der Waals surface area contributed by atoms with Gasteiger partial charge in [-0.3, -0.25) is 9.48 Å². The van der Waals surface area contributed by atoms with Crippen molar-refractivity contribution in [1.82, 2.24) is 15.1 Å². The molecule has 0 unspecified atom stereocenters. The maximum absolute atomic E-state index is 13.9. The molecule has 1 aliphatic rings. The fourth-order valence-corrected chi connectivity index (χ4v) is 6.56. The molecule has 9 nitrogen and oxygen atoms in total. The number of aromatic nitrogens is 2. The monoisotopic (exact) mass is 552 g/mol. The Morgan fingerprint density at radius 3 is 2.33 bits per heavy atom. The first-order valence-electron chi connectivity index (χ1n) is 13.2. The quantitative estimate of drug-likeness (QED) is 0.425. The molecule has 0 saturated heterocycles. The number of hydrogen-bond donors (Lipinski definition) is 1. The minimum atomic E-state index is -3.89. The first kappa shape index (κ1) is 28.4. The van der Waals surface area contributed by atoms with Crippen molar-refractivity contribution in [2.75, 3.05) is 4.90 Å². The number of ether oxygens (including phenoxy) is 1. The summed E-state index contributed by atoms with van der Waals surface area (Å²) < 4.78 is 34.8. The number of anilines is 1. The lowest BCUT2D eigenvalue weighted by Crippen LogP contribution is -2.40. The maximum Gasteiger partial charge on any atom is 0.407 e. The lowest BCUT2D eigenvalue weighted by Gasteiger charge is -2.22. The molecule has 0 bridgehead atoms. The van der Waals surface area contributed by atoms with Gasteiger partial charge < -0.3 is 15.0 Å². The van der Waals surface area contributed by atoms with Crippen molar-refractivity contribution in [3.63, 3.8) is 0 Å². The van der Waals surface area contributed by atoms with Crippen molar-refractivity contribution in [2.45, 2.75) is 88.9 Å². The van der Waals surface area contributed by atoms with E-state index in [2.05, 4.69) is 10.4 Å². The molecule has 2 heterocycles. The summed E-state index contributed by atoms with van der Waals surface area (Å²) in [4.78, 5) is 27.1. The van der Waals surface area contributed by atoms with E-state index in [-0.39, 0.29) is 21.7 Å². The Morgan fingerprint density at radius 2 is 1.74 bits per heavy atom. The SMILES string of the molecule is CCc1nn(C[C@H](C)NC(=O)OC(C)(C)C)c(CC)c1S(=O)(=O)c1ccc(N2Cc3ccccc3C2=O)cc1. The molecule has 3 aromatic rings. The number of carbonyl (C=O) groups is 2. The minimum absolute atomic E-state index is 0.0990. The number of amides is 2. The van der Waals surface area contributed by atoms with Gasteiger partial charge in [0.25, 0.3) is 5.91 Å². The van der Waals surface area contributed by atoms with Gasteiger partial charge in [0.15, 0.2) is 0 Å². The Labute approximate surface area is 230 Å². The van der Waals surface area contributed by atoms with Crippen LogP contribution in [0.15, 0.2) is 58.3 Å². The zero-order valence-electron chi connectivity index (χ0n) is 23.3. The van der Waals surface area contributed by atoms with Crippen LogP contribution in [0.25, 0.3) is 0 Å². The van der Waals surface area contributed by atoms with E-state index in [4.69, 9.17) is 4.74 Å². The summed E-state index contributed by atoms with van der Waals surface area (Å²) in [5.41, 5.74) is 2.69. The summed E-state index contributed by atoms with van der Waals surface area (Å²) in [6.07, 6.45) is 0.337. The summed E-state index contributed by atoms with van der Waals surface area (Å²) >= 11 is 0. The number of sulfone groups is 1. The zero-order chi connectivity index (χ0) is 28.5. The summed E-state index contributed by atoms with van der Waals surface area (Å²) in [5, 5.41) is 7.41. The number of carbonyl (C=O) groups excluding carboxylic acids is 2. The topological polar surface area (TPSA) is 111 Å². The standard InChI is InChI=1S/C29H36N4O5S/c1-7-24-26(25(8-2)33(31-24)17-19(3)30-28(35)38-29(4,5)6)39(36,37)22-15-13-21(14-16-22)32-18-20-11-9-10-12-23(20)27(32)34/h9-16,19H,7-8,17-18H2,1-6H3,(H,30,35)/t19-/m0/s1. The summed E-state index contributed by atoms with van der Waals surface area (Å²) in [7, 11) is -3.89. The minimum Gasteiger partial charge on any atom is -0.444 e. The van der Waals surface area contributed by atoms with Crippen LogP contribution in [0.3, 0.4) is 0 Å². The molecule has 0 fully saturated rings. The third kappa shape index (κ3) is 5.85. The van der Waals surface area contributed by atoms with Crippen molar-refractivity contribution in [3.05, 3.63) is 71.0 Å². The number of benzene rings is 2. The van der Waals surface area contributed by atoms with Crippen LogP contribution in [0.4, 0.5) is 10.5 Å². The molecule has 10 heteroatoms. The second-order valence-electron chi connectivity index (χ2n) is 10.7. The Hall–Kier alpha value is -3.66.